The topological polar surface area (TPSA) is 243 Å². The minimum Gasteiger partial charge on any atom is -0.508 e. The van der Waals surface area contributed by atoms with E-state index in [1.165, 1.54) is 27.1 Å². The Morgan fingerprint density at radius 2 is 0.667 bits per heavy atom. The van der Waals surface area contributed by atoms with Gasteiger partial charge in [0, 0.05) is 33.0 Å². The van der Waals surface area contributed by atoms with Crippen LogP contribution < -0.4 is 5.46 Å². The molecule has 0 atom stereocenters. The molecule has 338 valence electrons. The summed E-state index contributed by atoms with van der Waals surface area (Å²) in [4.78, 5) is 0. The molecule has 0 saturated heterocycles. The smallest absolute Gasteiger partial charge is 0.204 e. The molecule has 0 amide bonds. The van der Waals surface area contributed by atoms with Crippen LogP contribution in [0.5, 0.6) is 69.0 Å². The second-order valence-corrected chi connectivity index (χ2v) is 17.4. The van der Waals surface area contributed by atoms with E-state index in [1.807, 2.05) is 60.7 Å². The maximum atomic E-state index is 12.1. The van der Waals surface area contributed by atoms with Gasteiger partial charge in [-0.15, -0.1) is 0 Å². The second-order valence-electron chi connectivity index (χ2n) is 17.4. The monoisotopic (exact) mass is 914 g/mol. The molecule has 0 bridgehead atoms. The van der Waals surface area contributed by atoms with Crippen molar-refractivity contribution in [2.75, 3.05) is 0 Å². The molecule has 69 heavy (non-hydrogen) atoms. The molecule has 11 rings (SSSR count). The predicted octanol–water partition coefficient (Wildman–Crippen LogP) is 10.6. The van der Waals surface area contributed by atoms with Crippen LogP contribution in [0.1, 0.15) is 11.1 Å². The number of fused-ring (bicyclic) bond motifs is 9. The fraction of sp³-hybridized carbons (Fsp3) is 0.0357. The number of aromatic hydroxyl groups is 12. The van der Waals surface area contributed by atoms with Crippen molar-refractivity contribution in [3.63, 3.8) is 0 Å². The van der Waals surface area contributed by atoms with Crippen molar-refractivity contribution in [1.82, 2.24) is 0 Å². The third-order valence-electron chi connectivity index (χ3n) is 13.9. The average molecular weight is 915 g/mol. The van der Waals surface area contributed by atoms with Crippen LogP contribution in [0.15, 0.2) is 115 Å². The molecule has 0 saturated carbocycles. The highest BCUT2D eigenvalue weighted by atomic mass is 16.3. The van der Waals surface area contributed by atoms with Crippen LogP contribution in [0, 0.1) is 13.8 Å². The zero-order valence-electron chi connectivity index (χ0n) is 36.8. The largest absolute Gasteiger partial charge is 0.508 e. The van der Waals surface area contributed by atoms with Crippen LogP contribution in [0.2, 0.25) is 0 Å². The van der Waals surface area contributed by atoms with Crippen LogP contribution in [-0.2, 0) is 0 Å². The lowest BCUT2D eigenvalue weighted by Crippen LogP contribution is -2.05. The van der Waals surface area contributed by atoms with Crippen molar-refractivity contribution in [1.29, 1.82) is 0 Å². The summed E-state index contributed by atoms with van der Waals surface area (Å²) in [5.41, 5.74) is 2.24. The fourth-order valence-electron chi connectivity index (χ4n) is 10.4. The first-order valence-electron chi connectivity index (χ1n) is 21.7. The van der Waals surface area contributed by atoms with E-state index in [4.69, 9.17) is 0 Å². The Balaban J connectivity index is 1.19. The average Bonchev–Trinajstić information content (AvgIpc) is 3.37. The zero-order valence-corrected chi connectivity index (χ0v) is 36.8. The fourth-order valence-corrected chi connectivity index (χ4v) is 10.4. The number of hydrogen-bond donors (Lipinski definition) is 12. The molecule has 0 aromatic heterocycles. The van der Waals surface area contributed by atoms with Crippen molar-refractivity contribution >= 4 is 77.9 Å². The maximum Gasteiger partial charge on any atom is 0.204 e. The summed E-state index contributed by atoms with van der Waals surface area (Å²) < 4.78 is 0. The highest BCUT2D eigenvalue weighted by molar-refractivity contribution is 6.39. The summed E-state index contributed by atoms with van der Waals surface area (Å²) in [6.07, 6.45) is 0. The molecular weight excluding hydrogens is 875 g/mol. The molecule has 11 aromatic rings. The quantitative estimate of drug-likeness (QED) is 0.0259. The van der Waals surface area contributed by atoms with Crippen molar-refractivity contribution in [3.05, 3.63) is 126 Å². The van der Waals surface area contributed by atoms with Gasteiger partial charge in [-0.3, -0.25) is 0 Å². The highest BCUT2D eigenvalue weighted by Gasteiger charge is 2.35. The number of benzene rings is 11. The summed E-state index contributed by atoms with van der Waals surface area (Å²) in [5.74, 6) is -11.7. The molecule has 11 aromatic carbocycles. The molecule has 0 aliphatic heterocycles. The van der Waals surface area contributed by atoms with E-state index in [2.05, 4.69) is 42.5 Å². The summed E-state index contributed by atoms with van der Waals surface area (Å²) >= 11 is 0. The molecule has 0 aliphatic rings. The normalized spacial score (nSPS) is 11.8. The second kappa shape index (κ2) is 14.8. The van der Waals surface area contributed by atoms with Gasteiger partial charge in [-0.05, 0) is 96.3 Å². The van der Waals surface area contributed by atoms with Gasteiger partial charge >= 0.3 is 0 Å². The molecule has 0 aliphatic carbocycles. The van der Waals surface area contributed by atoms with Gasteiger partial charge in [0.25, 0.3) is 0 Å². The van der Waals surface area contributed by atoms with Crippen molar-refractivity contribution < 1.29 is 61.3 Å². The van der Waals surface area contributed by atoms with E-state index in [1.54, 1.807) is 12.1 Å². The van der Waals surface area contributed by atoms with Crippen LogP contribution in [0.25, 0.3) is 109 Å². The van der Waals surface area contributed by atoms with E-state index in [0.29, 0.717) is 5.56 Å². The van der Waals surface area contributed by atoms with Gasteiger partial charge < -0.3 is 61.3 Å². The van der Waals surface area contributed by atoms with E-state index < -0.39 is 96.3 Å². The summed E-state index contributed by atoms with van der Waals surface area (Å²) in [5, 5.41) is 142. The summed E-state index contributed by atoms with van der Waals surface area (Å²) in [6.45, 7) is 2.81. The predicted molar refractivity (Wildman–Crippen MR) is 271 cm³/mol. The lowest BCUT2D eigenvalue weighted by molar-refractivity contribution is 0.351. The summed E-state index contributed by atoms with van der Waals surface area (Å²) in [7, 11) is 1.21. The van der Waals surface area contributed by atoms with Crippen molar-refractivity contribution in [3.8, 4) is 114 Å². The van der Waals surface area contributed by atoms with E-state index in [9.17, 15) is 61.3 Å². The lowest BCUT2D eigenvalue weighted by atomic mass is 9.80. The number of phenolic OH excluding ortho intramolecular Hbond substituents is 12. The van der Waals surface area contributed by atoms with Gasteiger partial charge in [0.05, 0.1) is 16.3 Å². The number of hydrogen-bond acceptors (Lipinski definition) is 12. The molecule has 0 heterocycles. The van der Waals surface area contributed by atoms with Crippen molar-refractivity contribution in [2.24, 2.45) is 0 Å². The minimum atomic E-state index is -1.22. The van der Waals surface area contributed by atoms with Crippen molar-refractivity contribution in [2.45, 2.75) is 13.8 Å². The minimum absolute atomic E-state index is 0.0125. The molecule has 12 N–H and O–H groups in total. The maximum absolute atomic E-state index is 12.1. The Morgan fingerprint density at radius 1 is 0.275 bits per heavy atom. The van der Waals surface area contributed by atoms with Gasteiger partial charge in [-0.25, -0.2) is 0 Å². The van der Waals surface area contributed by atoms with Crippen LogP contribution in [-0.4, -0.2) is 69.1 Å². The van der Waals surface area contributed by atoms with E-state index >= 15 is 0 Å². The van der Waals surface area contributed by atoms with Crippen LogP contribution >= 0.6 is 0 Å². The SMILES string of the molecule is Bc1c(O)c(O)c2c(O)c(-c3c4c(C)c(O)c(O)c(C)c4c(-c4ccc(-c5ccccc5-c5ccc6c7ccccc7c7ccccc7c6c5)cc4)c4c(O)c(O)c(O)c(O)c34)c(O)c(O)c2c1O. The van der Waals surface area contributed by atoms with Gasteiger partial charge in [0.2, 0.25) is 11.5 Å². The number of aryl methyl sites for hydroxylation is 2. The third kappa shape index (κ3) is 5.64. The molecule has 0 fully saturated rings. The third-order valence-corrected chi connectivity index (χ3v) is 13.9. The lowest BCUT2D eigenvalue weighted by Gasteiger charge is -2.25. The first-order chi connectivity index (χ1) is 33.0. The van der Waals surface area contributed by atoms with Crippen LogP contribution in [0.4, 0.5) is 0 Å². The first kappa shape index (κ1) is 42.3. The Bertz CT molecular complexity index is 4010. The molecule has 12 nitrogen and oxygen atoms in total. The van der Waals surface area contributed by atoms with E-state index in [-0.39, 0.29) is 38.3 Å². The number of phenols is 12. The standard InChI is InChI=1S/C56H39BO12/c1-22-35-36(23(2)46(59)45(22)58)38(41-47(60)42-43(52(65)51(41)64)48(61)44(57)54(67)53(42)66)40-39(49(62)55(68)56(69)50(40)63)37(35)25-17-15-24(16-18-25)27-9-3-4-10-28(27)26-19-20-33-31-13-6-5-11-29(31)30-12-7-8-14-32(30)34(33)21-26/h3-21,58-69H,57H2,1-2H3. The first-order valence-corrected chi connectivity index (χ1v) is 21.7. The molecular formula is C56H39BO12. The zero-order chi connectivity index (χ0) is 48.6. The Kier molecular flexibility index (Phi) is 9.09. The molecule has 0 radical (unpaired) electrons. The Hall–Kier alpha value is -9.36. The summed E-state index contributed by atoms with van der Waals surface area (Å²) in [6, 6.07) is 38.1. The van der Waals surface area contributed by atoms with E-state index in [0.717, 1.165) is 49.2 Å². The van der Waals surface area contributed by atoms with Gasteiger partial charge in [0.1, 0.15) is 19.3 Å². The highest BCUT2D eigenvalue weighted by Crippen LogP contribution is 2.63. The van der Waals surface area contributed by atoms with Gasteiger partial charge in [-0.2, -0.15) is 0 Å². The number of rotatable bonds is 4. The van der Waals surface area contributed by atoms with Gasteiger partial charge in [-0.1, -0.05) is 109 Å². The molecule has 0 spiro atoms. The van der Waals surface area contributed by atoms with Gasteiger partial charge in [0.15, 0.2) is 46.0 Å². The molecule has 13 heteroatoms. The van der Waals surface area contributed by atoms with Crippen LogP contribution in [0.3, 0.4) is 0 Å². The Labute approximate surface area is 391 Å². The molecule has 0 unspecified atom stereocenters. The Morgan fingerprint density at radius 3 is 1.22 bits per heavy atom.